The minimum Gasteiger partial charge on any atom is -0.382 e. The standard InChI is InChI=1S/C24H29B4N5O3S/c1-23(2,25)37(34,35)17-9-7-16(8-10-17)19-13-30-22(29)21(32-19)20-11-18(33-36-20)15-5-3-14(4-6-15)12-31-24(26,27)28/h3-11,13,31H,12,25-28H2,1-2H3,(H2,29,30). The van der Waals surface area contributed by atoms with Crippen LogP contribution in [0.3, 0.4) is 0 Å². The van der Waals surface area contributed by atoms with E-state index in [2.05, 4.69) is 56.1 Å². The quantitative estimate of drug-likeness (QED) is 0.312. The minimum atomic E-state index is -3.45. The van der Waals surface area contributed by atoms with Crippen LogP contribution in [0.1, 0.15) is 19.4 Å². The number of anilines is 1. The molecular formula is C24H29B4N5O3S. The Morgan fingerprint density at radius 2 is 1.54 bits per heavy atom. The Hall–Kier alpha value is -3.30. The molecule has 4 rings (SSSR count). The van der Waals surface area contributed by atoms with Crippen molar-refractivity contribution in [2.45, 2.75) is 35.2 Å². The summed E-state index contributed by atoms with van der Waals surface area (Å²) >= 11 is 0. The Labute approximate surface area is 221 Å². The number of nitrogens with zero attached hydrogens (tertiary/aromatic N) is 3. The molecule has 13 heteroatoms. The number of benzene rings is 2. The molecular weight excluding hydrogens is 482 g/mol. The number of nitrogen functional groups attached to an aromatic ring is 1. The molecule has 0 saturated heterocycles. The zero-order valence-electron chi connectivity index (χ0n) is 22.0. The molecule has 4 aromatic rings. The predicted octanol–water partition coefficient (Wildman–Crippen LogP) is -0.209. The molecule has 2 heterocycles. The van der Waals surface area contributed by atoms with Crippen molar-refractivity contribution in [3.63, 3.8) is 0 Å². The van der Waals surface area contributed by atoms with Crippen molar-refractivity contribution in [2.24, 2.45) is 0 Å². The Bertz CT molecular complexity index is 1510. The Morgan fingerprint density at radius 3 is 2.14 bits per heavy atom. The minimum absolute atomic E-state index is 0.0430. The molecule has 0 fully saturated rings. The normalized spacial score (nSPS) is 12.5. The largest absolute Gasteiger partial charge is 0.382 e. The van der Waals surface area contributed by atoms with E-state index in [4.69, 9.17) is 10.3 Å². The van der Waals surface area contributed by atoms with Gasteiger partial charge in [0.1, 0.15) is 37.1 Å². The number of nitrogens with one attached hydrogen (secondary N) is 1. The van der Waals surface area contributed by atoms with Crippen LogP contribution >= 0.6 is 0 Å². The number of sulfone groups is 1. The van der Waals surface area contributed by atoms with E-state index < -0.39 is 14.5 Å². The maximum atomic E-state index is 12.7. The number of nitrogens with two attached hydrogens (primary N) is 1. The molecule has 0 aliphatic carbocycles. The second-order valence-corrected chi connectivity index (χ2v) is 13.7. The van der Waals surface area contributed by atoms with Crippen molar-refractivity contribution >= 4 is 47.0 Å². The maximum absolute atomic E-state index is 12.7. The molecule has 2 aromatic heterocycles. The van der Waals surface area contributed by atoms with Crippen molar-refractivity contribution < 1.29 is 12.9 Å². The molecule has 3 N–H and O–H groups in total. The summed E-state index contributed by atoms with van der Waals surface area (Å²) in [6, 6.07) is 16.5. The summed E-state index contributed by atoms with van der Waals surface area (Å²) in [5.41, 5.74) is 10.5. The molecule has 0 spiro atoms. The number of aromatic nitrogens is 3. The van der Waals surface area contributed by atoms with Gasteiger partial charge in [0, 0.05) is 28.4 Å². The van der Waals surface area contributed by atoms with Gasteiger partial charge in [-0.2, -0.15) is 0 Å². The molecule has 2 aromatic carbocycles. The van der Waals surface area contributed by atoms with E-state index in [1.807, 2.05) is 12.1 Å². The van der Waals surface area contributed by atoms with Crippen molar-refractivity contribution in [3.05, 3.63) is 66.4 Å². The van der Waals surface area contributed by atoms with Gasteiger partial charge in [-0.25, -0.2) is 18.4 Å². The van der Waals surface area contributed by atoms with Crippen LogP contribution in [0.25, 0.3) is 34.0 Å². The Balaban J connectivity index is 1.57. The van der Waals surface area contributed by atoms with Gasteiger partial charge in [-0.15, -0.1) is 0 Å². The van der Waals surface area contributed by atoms with Crippen LogP contribution in [0, 0.1) is 0 Å². The average molecular weight is 511 g/mol. The molecule has 186 valence electrons. The van der Waals surface area contributed by atoms with Crippen molar-refractivity contribution in [1.82, 2.24) is 20.4 Å². The van der Waals surface area contributed by atoms with Gasteiger partial charge in [-0.05, 0) is 17.7 Å². The van der Waals surface area contributed by atoms with E-state index in [-0.39, 0.29) is 16.0 Å². The van der Waals surface area contributed by atoms with E-state index in [0.29, 0.717) is 28.4 Å². The fraction of sp³-hybridized carbons (Fsp3) is 0.208. The molecule has 0 atom stereocenters. The molecule has 0 unspecified atom stereocenters. The summed E-state index contributed by atoms with van der Waals surface area (Å²) in [6.07, 6.45) is 1.55. The highest BCUT2D eigenvalue weighted by molar-refractivity contribution is 7.94. The van der Waals surface area contributed by atoms with Gasteiger partial charge in [-0.1, -0.05) is 60.6 Å². The van der Waals surface area contributed by atoms with Gasteiger partial charge < -0.3 is 15.6 Å². The van der Waals surface area contributed by atoms with Crippen molar-refractivity contribution in [3.8, 4) is 34.0 Å². The molecule has 0 aliphatic rings. The monoisotopic (exact) mass is 511 g/mol. The predicted molar refractivity (Wildman–Crippen MR) is 158 cm³/mol. The Morgan fingerprint density at radius 1 is 0.946 bits per heavy atom. The number of hydrogen-bond acceptors (Lipinski definition) is 8. The first-order valence-electron chi connectivity index (χ1n) is 12.0. The van der Waals surface area contributed by atoms with Crippen molar-refractivity contribution in [1.29, 1.82) is 0 Å². The molecule has 8 nitrogen and oxygen atoms in total. The summed E-state index contributed by atoms with van der Waals surface area (Å²) in [7, 11) is 4.63. The first-order chi connectivity index (χ1) is 17.2. The smallest absolute Gasteiger partial charge is 0.189 e. The van der Waals surface area contributed by atoms with E-state index in [1.54, 1.807) is 58.2 Å². The number of hydrogen-bond donors (Lipinski definition) is 2. The zero-order chi connectivity index (χ0) is 27.0. The molecule has 37 heavy (non-hydrogen) atoms. The summed E-state index contributed by atoms with van der Waals surface area (Å²) < 4.78 is 30.1. The van der Waals surface area contributed by atoms with Crippen LogP contribution in [0.2, 0.25) is 0 Å². The first kappa shape index (κ1) is 26.8. The lowest BCUT2D eigenvalue weighted by atomic mass is 9.49. The molecule has 0 amide bonds. The fourth-order valence-corrected chi connectivity index (χ4v) is 4.76. The maximum Gasteiger partial charge on any atom is 0.189 e. The zero-order valence-corrected chi connectivity index (χ0v) is 22.8. The summed E-state index contributed by atoms with van der Waals surface area (Å²) in [5, 5.41) is 7.72. The van der Waals surface area contributed by atoms with Gasteiger partial charge in [0.05, 0.1) is 16.8 Å². The summed E-state index contributed by atoms with van der Waals surface area (Å²) in [5.74, 6) is 0.606. The number of rotatable bonds is 8. The van der Waals surface area contributed by atoms with Crippen LogP contribution in [0.5, 0.6) is 0 Å². The van der Waals surface area contributed by atoms with Crippen LogP contribution in [-0.2, 0) is 16.4 Å². The topological polar surface area (TPSA) is 124 Å². The molecule has 0 bridgehead atoms. The Kier molecular flexibility index (Phi) is 7.14. The second-order valence-electron chi connectivity index (χ2n) is 11.0. The molecule has 0 saturated carbocycles. The van der Waals surface area contributed by atoms with Gasteiger partial charge in [0.15, 0.2) is 27.1 Å². The summed E-state index contributed by atoms with van der Waals surface area (Å²) in [4.78, 5) is 9.18. The van der Waals surface area contributed by atoms with Gasteiger partial charge >= 0.3 is 0 Å². The second kappa shape index (κ2) is 9.87. The third kappa shape index (κ3) is 5.99. The van der Waals surface area contributed by atoms with Gasteiger partial charge in [0.25, 0.3) is 0 Å². The highest BCUT2D eigenvalue weighted by Gasteiger charge is 2.30. The van der Waals surface area contributed by atoms with Crippen LogP contribution in [-0.4, -0.2) is 64.8 Å². The third-order valence-corrected chi connectivity index (χ3v) is 8.39. The lowest BCUT2D eigenvalue weighted by Crippen LogP contribution is -2.46. The first-order valence-corrected chi connectivity index (χ1v) is 13.5. The van der Waals surface area contributed by atoms with E-state index in [0.717, 1.165) is 12.1 Å². The van der Waals surface area contributed by atoms with Crippen LogP contribution in [0.15, 0.2) is 70.2 Å². The SMILES string of the molecule is BC(B)(B)NCc1ccc(-c2cc(-c3nc(-c4ccc(S(=O)(=O)C(B)(C)C)cc4)cnc3N)on2)cc1. The van der Waals surface area contributed by atoms with E-state index >= 15 is 0 Å². The fourth-order valence-electron chi connectivity index (χ4n) is 3.56. The highest BCUT2D eigenvalue weighted by Crippen LogP contribution is 2.31. The van der Waals surface area contributed by atoms with Crippen molar-refractivity contribution in [2.75, 3.05) is 5.73 Å². The average Bonchev–Trinajstić information content (AvgIpc) is 3.32. The molecule has 0 radical (unpaired) electrons. The molecule has 0 aliphatic heterocycles. The third-order valence-electron chi connectivity index (χ3n) is 5.88. The summed E-state index contributed by atoms with van der Waals surface area (Å²) in [6.45, 7) is 4.13. The van der Waals surface area contributed by atoms with Gasteiger partial charge in [0.2, 0.25) is 0 Å². The lowest BCUT2D eigenvalue weighted by molar-refractivity contribution is 0.434. The lowest BCUT2D eigenvalue weighted by Gasteiger charge is -2.20. The van der Waals surface area contributed by atoms with Crippen LogP contribution in [0.4, 0.5) is 5.82 Å². The highest BCUT2D eigenvalue weighted by atomic mass is 32.2. The van der Waals surface area contributed by atoms with E-state index in [1.165, 1.54) is 5.56 Å². The van der Waals surface area contributed by atoms with Gasteiger partial charge in [-0.3, -0.25) is 0 Å². The van der Waals surface area contributed by atoms with Crippen LogP contribution < -0.4 is 11.1 Å². The van der Waals surface area contributed by atoms with E-state index in [9.17, 15) is 8.42 Å².